The summed E-state index contributed by atoms with van der Waals surface area (Å²) in [5.74, 6) is 1.96. The molecule has 0 bridgehead atoms. The van der Waals surface area contributed by atoms with E-state index in [1.54, 1.807) is 20.8 Å². The van der Waals surface area contributed by atoms with Gasteiger partial charge in [0, 0.05) is 24.7 Å². The van der Waals surface area contributed by atoms with Gasteiger partial charge in [-0.25, -0.2) is 8.42 Å². The maximum Gasteiger partial charge on any atom is 0.195 e. The van der Waals surface area contributed by atoms with Gasteiger partial charge in [0.2, 0.25) is 0 Å². The number of sulfone groups is 1. The van der Waals surface area contributed by atoms with Gasteiger partial charge >= 0.3 is 0 Å². The number of nitrogens with zero attached hydrogens (tertiary/aromatic N) is 1. The number of hydrogen-bond acceptors (Lipinski definition) is 5. The quantitative estimate of drug-likeness (QED) is 0.359. The normalized spacial score (nSPS) is 14.7. The summed E-state index contributed by atoms with van der Waals surface area (Å²) in [5, 5.41) is 6.30. The van der Waals surface area contributed by atoms with Gasteiger partial charge in [0.1, 0.15) is 0 Å². The number of hydrogen-bond donors (Lipinski definition) is 2. The van der Waals surface area contributed by atoms with Crippen molar-refractivity contribution in [3.63, 3.8) is 0 Å². The van der Waals surface area contributed by atoms with Crippen molar-refractivity contribution in [2.75, 3.05) is 37.4 Å². The Morgan fingerprint density at radius 1 is 1.19 bits per heavy atom. The van der Waals surface area contributed by atoms with Crippen LogP contribution in [0, 0.1) is 0 Å². The molecule has 7 nitrogen and oxygen atoms in total. The summed E-state index contributed by atoms with van der Waals surface area (Å²) in [7, 11) is -3.20. The second kappa shape index (κ2) is 10.4. The van der Waals surface area contributed by atoms with Crippen LogP contribution in [0.3, 0.4) is 0 Å². The van der Waals surface area contributed by atoms with Crippen LogP contribution in [0.15, 0.2) is 23.2 Å². The first-order valence-corrected chi connectivity index (χ1v) is 10.6. The summed E-state index contributed by atoms with van der Waals surface area (Å²) < 4.78 is 34.9. The van der Waals surface area contributed by atoms with Gasteiger partial charge in [0.25, 0.3) is 0 Å². The van der Waals surface area contributed by atoms with E-state index in [2.05, 4.69) is 15.6 Å². The first-order chi connectivity index (χ1) is 12.2. The van der Waals surface area contributed by atoms with Gasteiger partial charge in [-0.15, -0.1) is 24.0 Å². The van der Waals surface area contributed by atoms with E-state index in [0.29, 0.717) is 31.5 Å². The SMILES string of the molecule is CCNC(=NCCS(=O)(=O)C(C)(C)C)Nc1ccc2c(c1)OCCCO2.I. The van der Waals surface area contributed by atoms with Crippen molar-refractivity contribution in [3.8, 4) is 11.5 Å². The van der Waals surface area contributed by atoms with E-state index in [1.807, 2.05) is 25.1 Å². The Balaban J connectivity index is 0.00000364. The predicted molar refractivity (Wildman–Crippen MR) is 121 cm³/mol. The van der Waals surface area contributed by atoms with Gasteiger partial charge in [0.05, 0.1) is 30.3 Å². The van der Waals surface area contributed by atoms with Gasteiger partial charge in [-0.1, -0.05) is 0 Å². The molecule has 9 heteroatoms. The third kappa shape index (κ3) is 7.02. The number of rotatable bonds is 5. The first kappa shape index (κ1) is 23.8. The predicted octanol–water partition coefficient (Wildman–Crippen LogP) is 3.06. The number of benzene rings is 1. The fourth-order valence-corrected chi connectivity index (χ4v) is 3.21. The molecule has 1 aromatic rings. The average molecular weight is 511 g/mol. The third-order valence-corrected chi connectivity index (χ3v) is 6.50. The molecule has 0 amide bonds. The number of aliphatic imine (C=N–C) groups is 1. The molecule has 2 N–H and O–H groups in total. The molecule has 1 aromatic carbocycles. The summed E-state index contributed by atoms with van der Waals surface area (Å²) in [6.07, 6.45) is 0.851. The molecule has 0 aromatic heterocycles. The highest BCUT2D eigenvalue weighted by atomic mass is 127. The number of guanidine groups is 1. The van der Waals surface area contributed by atoms with Gasteiger partial charge in [-0.3, -0.25) is 4.99 Å². The zero-order chi connectivity index (χ0) is 19.2. The van der Waals surface area contributed by atoms with E-state index in [4.69, 9.17) is 9.47 Å². The van der Waals surface area contributed by atoms with Crippen LogP contribution in [-0.2, 0) is 9.84 Å². The van der Waals surface area contributed by atoms with Gasteiger partial charge in [-0.2, -0.15) is 0 Å². The largest absolute Gasteiger partial charge is 0.490 e. The van der Waals surface area contributed by atoms with Crippen LogP contribution in [0.4, 0.5) is 5.69 Å². The molecule has 0 saturated heterocycles. The maximum atomic E-state index is 12.2. The van der Waals surface area contributed by atoms with E-state index < -0.39 is 14.6 Å². The minimum absolute atomic E-state index is 0. The highest BCUT2D eigenvalue weighted by Gasteiger charge is 2.28. The van der Waals surface area contributed by atoms with E-state index in [-0.39, 0.29) is 36.3 Å². The topological polar surface area (TPSA) is 89.0 Å². The maximum absolute atomic E-state index is 12.2. The zero-order valence-corrected chi connectivity index (χ0v) is 19.5. The Labute approximate surface area is 179 Å². The first-order valence-electron chi connectivity index (χ1n) is 8.90. The average Bonchev–Trinajstić information content (AvgIpc) is 2.78. The van der Waals surface area contributed by atoms with Crippen LogP contribution in [-0.4, -0.2) is 51.2 Å². The lowest BCUT2D eigenvalue weighted by molar-refractivity contribution is 0.297. The van der Waals surface area contributed by atoms with Crippen LogP contribution in [0.25, 0.3) is 0 Å². The standard InChI is InChI=1S/C18H29N3O4S.HI/c1-5-19-17(20-9-12-26(22,23)18(2,3)4)21-14-7-8-15-16(13-14)25-11-6-10-24-15;/h7-8,13H,5-6,9-12H2,1-4H3,(H2,19,20,21);1H. The highest BCUT2D eigenvalue weighted by Crippen LogP contribution is 2.32. The van der Waals surface area contributed by atoms with Crippen molar-refractivity contribution in [3.05, 3.63) is 18.2 Å². The van der Waals surface area contributed by atoms with Crippen molar-refractivity contribution < 1.29 is 17.9 Å². The molecule has 154 valence electrons. The van der Waals surface area contributed by atoms with Crippen molar-refractivity contribution in [1.82, 2.24) is 5.32 Å². The minimum atomic E-state index is -3.20. The molecule has 1 aliphatic rings. The van der Waals surface area contributed by atoms with Crippen molar-refractivity contribution in [2.45, 2.75) is 38.9 Å². The molecule has 0 aliphatic carbocycles. The second-order valence-electron chi connectivity index (χ2n) is 7.03. The number of ether oxygens (including phenoxy) is 2. The summed E-state index contributed by atoms with van der Waals surface area (Å²) in [5.41, 5.74) is 0.799. The summed E-state index contributed by atoms with van der Waals surface area (Å²) in [4.78, 5) is 4.38. The monoisotopic (exact) mass is 511 g/mol. The highest BCUT2D eigenvalue weighted by molar-refractivity contribution is 14.0. The molecular weight excluding hydrogens is 481 g/mol. The third-order valence-electron chi connectivity index (χ3n) is 3.92. The fraction of sp³-hybridized carbons (Fsp3) is 0.611. The van der Waals surface area contributed by atoms with Crippen molar-refractivity contribution in [2.24, 2.45) is 4.99 Å². The molecule has 2 rings (SSSR count). The van der Waals surface area contributed by atoms with Crippen LogP contribution in [0.2, 0.25) is 0 Å². The molecule has 0 spiro atoms. The minimum Gasteiger partial charge on any atom is -0.490 e. The molecule has 0 fully saturated rings. The zero-order valence-electron chi connectivity index (χ0n) is 16.4. The lowest BCUT2D eigenvalue weighted by Crippen LogP contribution is -2.33. The van der Waals surface area contributed by atoms with Crippen LogP contribution in [0.5, 0.6) is 11.5 Å². The summed E-state index contributed by atoms with van der Waals surface area (Å²) >= 11 is 0. The lowest BCUT2D eigenvalue weighted by Gasteiger charge is -2.18. The Morgan fingerprint density at radius 2 is 1.85 bits per heavy atom. The number of fused-ring (bicyclic) bond motifs is 1. The summed E-state index contributed by atoms with van der Waals surface area (Å²) in [6.45, 7) is 9.19. The van der Waals surface area contributed by atoms with Gasteiger partial charge in [0.15, 0.2) is 27.3 Å². The van der Waals surface area contributed by atoms with E-state index >= 15 is 0 Å². The number of anilines is 1. The molecular formula is C18H30IN3O4S. The molecule has 1 aliphatic heterocycles. The van der Waals surface area contributed by atoms with E-state index in [9.17, 15) is 8.42 Å². The fourth-order valence-electron chi connectivity index (χ4n) is 2.27. The Bertz CT molecular complexity index is 745. The molecule has 1 heterocycles. The van der Waals surface area contributed by atoms with Crippen molar-refractivity contribution >= 4 is 45.5 Å². The molecule has 0 saturated carbocycles. The lowest BCUT2D eigenvalue weighted by atomic mass is 10.3. The molecule has 0 radical (unpaired) electrons. The Kier molecular flexibility index (Phi) is 9.13. The second-order valence-corrected chi connectivity index (χ2v) is 9.89. The van der Waals surface area contributed by atoms with Crippen LogP contribution in [0.1, 0.15) is 34.1 Å². The number of nitrogens with one attached hydrogen (secondary N) is 2. The van der Waals surface area contributed by atoms with Crippen LogP contribution < -0.4 is 20.1 Å². The van der Waals surface area contributed by atoms with E-state index in [1.165, 1.54) is 0 Å². The van der Waals surface area contributed by atoms with Gasteiger partial charge in [-0.05, 0) is 39.8 Å². The van der Waals surface area contributed by atoms with Gasteiger partial charge < -0.3 is 20.1 Å². The molecule has 27 heavy (non-hydrogen) atoms. The van der Waals surface area contributed by atoms with E-state index in [0.717, 1.165) is 17.9 Å². The molecule has 0 atom stereocenters. The van der Waals surface area contributed by atoms with Crippen LogP contribution >= 0.6 is 24.0 Å². The smallest absolute Gasteiger partial charge is 0.195 e. The van der Waals surface area contributed by atoms with Crippen molar-refractivity contribution in [1.29, 1.82) is 0 Å². The Hall–Kier alpha value is -1.23. The molecule has 0 unspecified atom stereocenters. The number of halogens is 1. The Morgan fingerprint density at radius 3 is 2.48 bits per heavy atom. The summed E-state index contributed by atoms with van der Waals surface area (Å²) in [6, 6.07) is 5.60.